The Morgan fingerprint density at radius 3 is 0.875 bits per heavy atom. The number of ether oxygens (including phenoxy) is 3. The van der Waals surface area contributed by atoms with E-state index in [-0.39, 0.29) is 60.0 Å². The van der Waals surface area contributed by atoms with Crippen LogP contribution in [0.4, 0.5) is 0 Å². The van der Waals surface area contributed by atoms with E-state index in [1.54, 1.807) is 20.8 Å². The molecular formula is C27H51O9S3Sb. The first kappa shape index (κ1) is 47.1. The molecule has 2 radical (unpaired) electrons. The Bertz CT molecular complexity index is 537. The summed E-state index contributed by atoms with van der Waals surface area (Å²) in [5.74, 6) is -4.31. The van der Waals surface area contributed by atoms with Gasteiger partial charge in [-0.25, -0.2) is 0 Å². The maximum atomic E-state index is 10.6. The van der Waals surface area contributed by atoms with Crippen LogP contribution in [0.15, 0.2) is 0 Å². The molecule has 9 nitrogen and oxygen atoms in total. The van der Waals surface area contributed by atoms with Crippen molar-refractivity contribution in [3.8, 4) is 0 Å². The molecule has 0 heterocycles. The average molecular weight is 738 g/mol. The zero-order valence-corrected chi connectivity index (χ0v) is 30.1. The van der Waals surface area contributed by atoms with E-state index in [9.17, 15) is 29.7 Å². The maximum absolute atomic E-state index is 10.6. The largest absolute Gasteiger partial charge is 3.00 e. The van der Waals surface area contributed by atoms with Crippen LogP contribution in [0.3, 0.4) is 0 Å². The van der Waals surface area contributed by atoms with Crippen molar-refractivity contribution in [1.82, 2.24) is 0 Å². The number of carbonyl (C=O) groups is 3. The number of unbranched alkanes of at least 4 members (excludes halogenated alkanes) is 3. The quantitative estimate of drug-likeness (QED) is 0.0895. The van der Waals surface area contributed by atoms with Gasteiger partial charge in [-0.2, -0.15) is 37.9 Å². The molecule has 0 aromatic rings. The number of hydrogen-bond donors (Lipinski definition) is 3. The molecule has 0 aromatic heterocycles. The Balaban J connectivity index is -0.000000240. The Morgan fingerprint density at radius 1 is 0.550 bits per heavy atom. The van der Waals surface area contributed by atoms with Crippen molar-refractivity contribution in [1.29, 1.82) is 0 Å². The summed E-state index contributed by atoms with van der Waals surface area (Å²) in [6.07, 6.45) is 5.07. The fourth-order valence-electron chi connectivity index (χ4n) is 2.83. The van der Waals surface area contributed by atoms with Gasteiger partial charge in [-0.15, -0.1) is 0 Å². The van der Waals surface area contributed by atoms with E-state index >= 15 is 0 Å². The van der Waals surface area contributed by atoms with Crippen LogP contribution >= 0.6 is 37.9 Å². The molecule has 0 fully saturated rings. The minimum atomic E-state index is -1.08. The molecule has 0 N–H and O–H groups in total. The fourth-order valence-corrected chi connectivity index (χ4v) is 4.17. The molecule has 0 aliphatic rings. The third-order valence-corrected chi connectivity index (χ3v) is 7.01. The molecule has 0 amide bonds. The number of thiol groups is 3. The topological polar surface area (TPSA) is 148 Å². The summed E-state index contributed by atoms with van der Waals surface area (Å²) in [7, 11) is 0. The van der Waals surface area contributed by atoms with E-state index in [0.717, 1.165) is 38.5 Å². The van der Waals surface area contributed by atoms with Gasteiger partial charge in [-0.1, -0.05) is 40.0 Å². The van der Waals surface area contributed by atoms with Gasteiger partial charge in [0.2, 0.25) is 0 Å². The summed E-state index contributed by atoms with van der Waals surface area (Å²) in [6, 6.07) is 0. The monoisotopic (exact) mass is 736 g/mol. The van der Waals surface area contributed by atoms with Crippen molar-refractivity contribution in [2.24, 2.45) is 17.8 Å². The van der Waals surface area contributed by atoms with Gasteiger partial charge in [0, 0.05) is 72.7 Å². The third-order valence-electron chi connectivity index (χ3n) is 5.83. The molecule has 0 aromatic carbocycles. The van der Waals surface area contributed by atoms with E-state index in [4.69, 9.17) is 14.2 Å². The fraction of sp³-hybridized carbons (Fsp3) is 0.889. The van der Waals surface area contributed by atoms with E-state index in [2.05, 4.69) is 58.7 Å². The summed E-state index contributed by atoms with van der Waals surface area (Å²) >= 11 is 11.8. The van der Waals surface area contributed by atoms with Crippen molar-refractivity contribution in [3.63, 3.8) is 0 Å². The van der Waals surface area contributed by atoms with Crippen molar-refractivity contribution in [2.45, 2.75) is 98.4 Å². The molecule has 0 spiro atoms. The zero-order chi connectivity index (χ0) is 30.8. The summed E-state index contributed by atoms with van der Waals surface area (Å²) in [5.41, 5.74) is 0. The van der Waals surface area contributed by atoms with Gasteiger partial charge in [0.1, 0.15) is 0 Å². The Kier molecular flexibility index (Phi) is 37.8. The predicted molar refractivity (Wildman–Crippen MR) is 164 cm³/mol. The van der Waals surface area contributed by atoms with Gasteiger partial charge in [0.05, 0.1) is 18.3 Å². The minimum Gasteiger partial charge on any atom is -0.550 e. The first-order chi connectivity index (χ1) is 18.4. The average Bonchev–Trinajstić information content (AvgIpc) is 2.86. The van der Waals surface area contributed by atoms with Crippen LogP contribution in [0.2, 0.25) is 0 Å². The van der Waals surface area contributed by atoms with Crippen LogP contribution in [-0.2, 0) is 28.6 Å². The predicted octanol–water partition coefficient (Wildman–Crippen LogP) is 1.08. The maximum Gasteiger partial charge on any atom is 3.00 e. The standard InChI is InChI=1S/3C9H18O3S.Sb/c3*1-3-4-5-12-7(2)8(6-13)9(10)11;/h3*7-8,13H,3-6H2,1-2H3,(H,10,11);/q;;;+3/p-3. The van der Waals surface area contributed by atoms with Crippen LogP contribution in [0.1, 0.15) is 80.1 Å². The number of aliphatic carboxylic acids is 3. The Morgan fingerprint density at radius 2 is 0.750 bits per heavy atom. The first-order valence-corrected chi connectivity index (χ1v) is 15.6. The minimum absolute atomic E-state index is 0. The Labute approximate surface area is 275 Å². The van der Waals surface area contributed by atoms with E-state index in [1.807, 2.05) is 0 Å². The molecule has 0 bridgehead atoms. The summed E-state index contributed by atoms with van der Waals surface area (Å²) < 4.78 is 16.0. The number of carboxylic acid groups (broad SMARTS) is 3. The smallest absolute Gasteiger partial charge is 0.550 e. The number of carbonyl (C=O) groups excluding carboxylic acids is 3. The van der Waals surface area contributed by atoms with Gasteiger partial charge >= 0.3 is 24.4 Å². The zero-order valence-electron chi connectivity index (χ0n) is 24.9. The van der Waals surface area contributed by atoms with E-state index < -0.39 is 35.7 Å². The molecule has 13 heteroatoms. The molecule has 0 saturated carbocycles. The van der Waals surface area contributed by atoms with Gasteiger partial charge in [0.15, 0.2) is 0 Å². The second-order valence-electron chi connectivity index (χ2n) is 9.11. The molecule has 236 valence electrons. The van der Waals surface area contributed by atoms with Crippen LogP contribution in [0, 0.1) is 17.8 Å². The van der Waals surface area contributed by atoms with Crippen LogP contribution < -0.4 is 15.3 Å². The third kappa shape index (κ3) is 25.8. The van der Waals surface area contributed by atoms with Crippen molar-refractivity contribution < 1.29 is 43.9 Å². The second kappa shape index (κ2) is 32.1. The SMILES string of the molecule is CCCCOC(C)C(CS)C(=O)[O-].CCCCOC(C)C(CS)C(=O)[O-].CCCCOC(C)C(CS)C(=O)[O-].[Sb+3]. The summed E-state index contributed by atoms with van der Waals surface area (Å²) in [4.78, 5) is 31.7. The molecule has 40 heavy (non-hydrogen) atoms. The molecule has 0 aliphatic heterocycles. The molecule has 0 aliphatic carbocycles. The first-order valence-electron chi connectivity index (χ1n) is 13.7. The molecular weight excluding hydrogens is 686 g/mol. The summed E-state index contributed by atoms with van der Waals surface area (Å²) in [5, 5.41) is 31.7. The number of hydrogen-bond acceptors (Lipinski definition) is 12. The summed E-state index contributed by atoms with van der Waals surface area (Å²) in [6.45, 7) is 13.2. The van der Waals surface area contributed by atoms with Crippen LogP contribution in [-0.4, -0.2) is 97.7 Å². The molecule has 6 atom stereocenters. The van der Waals surface area contributed by atoms with E-state index in [1.165, 1.54) is 0 Å². The van der Waals surface area contributed by atoms with Crippen LogP contribution in [0.25, 0.3) is 0 Å². The van der Waals surface area contributed by atoms with Gasteiger partial charge in [-0.05, 0) is 40.0 Å². The normalized spacial score (nSPS) is 14.9. The molecule has 0 saturated heterocycles. The van der Waals surface area contributed by atoms with Gasteiger partial charge in [-0.3, -0.25) is 0 Å². The number of rotatable bonds is 21. The van der Waals surface area contributed by atoms with Crippen molar-refractivity contribution in [2.75, 3.05) is 37.1 Å². The van der Waals surface area contributed by atoms with Crippen molar-refractivity contribution >= 4 is 80.2 Å². The van der Waals surface area contributed by atoms with Crippen molar-refractivity contribution in [3.05, 3.63) is 0 Å². The molecule has 6 unspecified atom stereocenters. The van der Waals surface area contributed by atoms with Gasteiger partial charge < -0.3 is 43.9 Å². The molecule has 0 rings (SSSR count). The number of carboxylic acids is 3. The van der Waals surface area contributed by atoms with Crippen LogP contribution in [0.5, 0.6) is 0 Å². The Hall–Kier alpha value is 0.158. The van der Waals surface area contributed by atoms with Gasteiger partial charge in [0.25, 0.3) is 0 Å². The second-order valence-corrected chi connectivity index (χ2v) is 10.2. The van der Waals surface area contributed by atoms with E-state index in [0.29, 0.717) is 19.8 Å².